The Balaban J connectivity index is 2.54. The number of aliphatic imine (C=N–C) groups is 1. The van der Waals surface area contributed by atoms with E-state index in [1.165, 1.54) is 6.07 Å². The van der Waals surface area contributed by atoms with Crippen molar-refractivity contribution in [1.29, 1.82) is 0 Å². The molecule has 1 aliphatic heterocycles. The minimum atomic E-state index is -0.454. The van der Waals surface area contributed by atoms with E-state index in [9.17, 15) is 4.39 Å². The largest absolute Gasteiger partial charge is 0.396 e. The zero-order chi connectivity index (χ0) is 10.8. The van der Waals surface area contributed by atoms with Gasteiger partial charge in [0.2, 0.25) is 0 Å². The van der Waals surface area contributed by atoms with Crippen molar-refractivity contribution in [2.75, 3.05) is 5.73 Å². The molecule has 0 saturated carbocycles. The number of nitrogens with zero attached hydrogens (tertiary/aromatic N) is 1. The molecule has 2 nitrogen and oxygen atoms in total. The van der Waals surface area contributed by atoms with Crippen LogP contribution >= 0.6 is 11.6 Å². The highest BCUT2D eigenvalue weighted by Crippen LogP contribution is 2.31. The molecule has 0 saturated heterocycles. The topological polar surface area (TPSA) is 38.4 Å². The first-order valence-electron chi connectivity index (χ1n) is 4.65. The lowest BCUT2D eigenvalue weighted by molar-refractivity contribution is 0.628. The maximum atomic E-state index is 13.7. The highest BCUT2D eigenvalue weighted by atomic mass is 35.5. The SMILES string of the molecule is Nc1cccc(C2=C(Cl)CCC=N2)c1F. The molecule has 0 atom stereocenters. The second-order valence-corrected chi connectivity index (χ2v) is 3.77. The molecule has 0 radical (unpaired) electrons. The van der Waals surface area contributed by atoms with E-state index in [1.54, 1.807) is 18.3 Å². The minimum absolute atomic E-state index is 0.116. The summed E-state index contributed by atoms with van der Waals surface area (Å²) >= 11 is 6.00. The predicted octanol–water partition coefficient (Wildman–Crippen LogP) is 3.18. The maximum Gasteiger partial charge on any atom is 0.155 e. The average Bonchev–Trinajstić information content (AvgIpc) is 2.23. The van der Waals surface area contributed by atoms with Crippen molar-refractivity contribution < 1.29 is 4.39 Å². The first-order valence-corrected chi connectivity index (χ1v) is 5.03. The summed E-state index contributed by atoms with van der Waals surface area (Å²) < 4.78 is 13.7. The van der Waals surface area contributed by atoms with Gasteiger partial charge in [0.1, 0.15) is 0 Å². The van der Waals surface area contributed by atoms with Crippen LogP contribution in [0, 0.1) is 5.82 Å². The van der Waals surface area contributed by atoms with Crippen LogP contribution in [0.1, 0.15) is 18.4 Å². The summed E-state index contributed by atoms with van der Waals surface area (Å²) in [5.74, 6) is -0.454. The van der Waals surface area contributed by atoms with Gasteiger partial charge in [0.15, 0.2) is 5.82 Å². The average molecular weight is 225 g/mol. The Bertz CT molecular complexity index is 452. The molecule has 1 heterocycles. The number of nitrogens with two attached hydrogens (primary N) is 1. The van der Waals surface area contributed by atoms with Gasteiger partial charge in [-0.1, -0.05) is 17.7 Å². The second kappa shape index (κ2) is 4.03. The molecule has 2 N–H and O–H groups in total. The number of nitrogen functional groups attached to an aromatic ring is 1. The molecule has 1 aliphatic rings. The van der Waals surface area contributed by atoms with E-state index in [2.05, 4.69) is 4.99 Å². The minimum Gasteiger partial charge on any atom is -0.396 e. The number of rotatable bonds is 1. The lowest BCUT2D eigenvalue weighted by Gasteiger charge is -2.11. The van der Waals surface area contributed by atoms with Crippen molar-refractivity contribution in [1.82, 2.24) is 0 Å². The van der Waals surface area contributed by atoms with E-state index in [1.807, 2.05) is 0 Å². The smallest absolute Gasteiger partial charge is 0.155 e. The third-order valence-corrected chi connectivity index (χ3v) is 2.62. The highest BCUT2D eigenvalue weighted by Gasteiger charge is 2.15. The molecule has 0 aliphatic carbocycles. The molecule has 15 heavy (non-hydrogen) atoms. The van der Waals surface area contributed by atoms with E-state index in [-0.39, 0.29) is 5.69 Å². The Morgan fingerprint density at radius 2 is 2.20 bits per heavy atom. The summed E-state index contributed by atoms with van der Waals surface area (Å²) in [6.45, 7) is 0. The normalized spacial score (nSPS) is 15.9. The van der Waals surface area contributed by atoms with Gasteiger partial charge in [0.05, 0.1) is 11.4 Å². The van der Waals surface area contributed by atoms with Gasteiger partial charge in [-0.05, 0) is 25.0 Å². The number of benzene rings is 1. The van der Waals surface area contributed by atoms with Crippen molar-refractivity contribution >= 4 is 29.2 Å². The monoisotopic (exact) mass is 224 g/mol. The summed E-state index contributed by atoms with van der Waals surface area (Å²) in [4.78, 5) is 4.11. The van der Waals surface area contributed by atoms with Crippen molar-refractivity contribution in [3.63, 3.8) is 0 Å². The van der Waals surface area contributed by atoms with Crippen LogP contribution in [-0.2, 0) is 0 Å². The van der Waals surface area contributed by atoms with Crippen LogP contribution < -0.4 is 5.73 Å². The quantitative estimate of drug-likeness (QED) is 0.731. The van der Waals surface area contributed by atoms with Crippen LogP contribution in [0.3, 0.4) is 0 Å². The maximum absolute atomic E-state index is 13.7. The molecular formula is C11H10ClFN2. The van der Waals surface area contributed by atoms with Gasteiger partial charge >= 0.3 is 0 Å². The summed E-state index contributed by atoms with van der Waals surface area (Å²) in [6.07, 6.45) is 3.24. The lowest BCUT2D eigenvalue weighted by Crippen LogP contribution is -1.99. The lowest BCUT2D eigenvalue weighted by atomic mass is 10.1. The zero-order valence-electron chi connectivity index (χ0n) is 8.00. The van der Waals surface area contributed by atoms with Gasteiger partial charge < -0.3 is 5.73 Å². The third kappa shape index (κ3) is 1.88. The van der Waals surface area contributed by atoms with Gasteiger partial charge in [0.25, 0.3) is 0 Å². The van der Waals surface area contributed by atoms with Crippen LogP contribution in [0.4, 0.5) is 10.1 Å². The van der Waals surface area contributed by atoms with Crippen molar-refractivity contribution in [3.05, 3.63) is 34.6 Å². The molecule has 0 aromatic heterocycles. The van der Waals surface area contributed by atoms with Crippen LogP contribution in [0.2, 0.25) is 0 Å². The Morgan fingerprint density at radius 1 is 1.40 bits per heavy atom. The first kappa shape index (κ1) is 10.2. The number of hydrogen-bond acceptors (Lipinski definition) is 2. The number of hydrogen-bond donors (Lipinski definition) is 1. The molecule has 0 amide bonds. The van der Waals surface area contributed by atoms with E-state index in [4.69, 9.17) is 17.3 Å². The highest BCUT2D eigenvalue weighted by molar-refractivity contribution is 6.33. The Kier molecular flexibility index (Phi) is 2.73. The second-order valence-electron chi connectivity index (χ2n) is 3.31. The first-order chi connectivity index (χ1) is 7.20. The van der Waals surface area contributed by atoms with Crippen LogP contribution in [0.5, 0.6) is 0 Å². The summed E-state index contributed by atoms with van der Waals surface area (Å²) in [5.41, 5.74) is 6.46. The van der Waals surface area contributed by atoms with E-state index < -0.39 is 5.82 Å². The Hall–Kier alpha value is -1.35. The van der Waals surface area contributed by atoms with Gasteiger partial charge in [-0.15, -0.1) is 0 Å². The van der Waals surface area contributed by atoms with Crippen LogP contribution in [0.15, 0.2) is 28.2 Å². The van der Waals surface area contributed by atoms with Gasteiger partial charge in [0, 0.05) is 16.8 Å². The summed E-state index contributed by atoms with van der Waals surface area (Å²) in [7, 11) is 0. The summed E-state index contributed by atoms with van der Waals surface area (Å²) in [6, 6.07) is 4.83. The van der Waals surface area contributed by atoms with E-state index >= 15 is 0 Å². The van der Waals surface area contributed by atoms with Crippen molar-refractivity contribution in [2.45, 2.75) is 12.8 Å². The molecule has 0 fully saturated rings. The molecule has 0 spiro atoms. The van der Waals surface area contributed by atoms with Gasteiger partial charge in [-0.3, -0.25) is 4.99 Å². The van der Waals surface area contributed by atoms with E-state index in [0.717, 1.165) is 6.42 Å². The van der Waals surface area contributed by atoms with Crippen LogP contribution in [-0.4, -0.2) is 6.21 Å². The zero-order valence-corrected chi connectivity index (χ0v) is 8.76. The third-order valence-electron chi connectivity index (χ3n) is 2.25. The molecule has 78 valence electrons. The molecule has 1 aromatic carbocycles. The standard InChI is InChI=1S/C11H10ClFN2/c12-8-4-2-6-15-11(8)7-3-1-5-9(14)10(7)13/h1,3,5-6H,2,4,14H2. The number of allylic oxidation sites excluding steroid dienone is 1. The van der Waals surface area contributed by atoms with Crippen molar-refractivity contribution in [3.8, 4) is 0 Å². The molecular weight excluding hydrogens is 215 g/mol. The molecule has 2 rings (SSSR count). The van der Waals surface area contributed by atoms with Gasteiger partial charge in [-0.2, -0.15) is 0 Å². The number of anilines is 1. The van der Waals surface area contributed by atoms with E-state index in [0.29, 0.717) is 22.7 Å². The fourth-order valence-corrected chi connectivity index (χ4v) is 1.74. The molecule has 1 aromatic rings. The Morgan fingerprint density at radius 3 is 2.93 bits per heavy atom. The van der Waals surface area contributed by atoms with Crippen molar-refractivity contribution in [2.24, 2.45) is 4.99 Å². The fourth-order valence-electron chi connectivity index (χ4n) is 1.48. The van der Waals surface area contributed by atoms with Gasteiger partial charge in [-0.25, -0.2) is 4.39 Å². The molecule has 4 heteroatoms. The summed E-state index contributed by atoms with van der Waals surface area (Å²) in [5, 5.41) is 0.585. The fraction of sp³-hybridized carbons (Fsp3) is 0.182. The molecule has 0 unspecified atom stereocenters. The van der Waals surface area contributed by atoms with Crippen LogP contribution in [0.25, 0.3) is 5.70 Å². The molecule has 0 bridgehead atoms. The number of halogens is 2. The Labute approximate surface area is 92.3 Å². The predicted molar refractivity (Wildman–Crippen MR) is 61.3 cm³/mol.